The first kappa shape index (κ1) is 12.9. The van der Waals surface area contributed by atoms with Gasteiger partial charge >= 0.3 is 0 Å². The summed E-state index contributed by atoms with van der Waals surface area (Å²) >= 11 is 0. The standard InChI is InChI=1S/C14H13N3O2/c1-10-5-6-13(11(2)14(10)17(18)19)16-9-12-4-3-7-15-8-12/h3-7H,8H2,1-2H3. The van der Waals surface area contributed by atoms with Crippen molar-refractivity contribution in [1.82, 2.24) is 0 Å². The largest absolute Gasteiger partial charge is 0.288 e. The number of aryl methyl sites for hydroxylation is 1. The van der Waals surface area contributed by atoms with Gasteiger partial charge in [-0.3, -0.25) is 15.1 Å². The number of allylic oxidation sites excluding steroid dienone is 1. The Kier molecular flexibility index (Phi) is 3.68. The zero-order chi connectivity index (χ0) is 13.8. The van der Waals surface area contributed by atoms with Crippen molar-refractivity contribution in [1.29, 1.82) is 0 Å². The lowest BCUT2D eigenvalue weighted by Crippen LogP contribution is -1.95. The van der Waals surface area contributed by atoms with E-state index in [1.165, 1.54) is 0 Å². The number of nitro groups is 1. The van der Waals surface area contributed by atoms with E-state index in [2.05, 4.69) is 15.9 Å². The average Bonchev–Trinajstić information content (AvgIpc) is 2.38. The predicted molar refractivity (Wildman–Crippen MR) is 75.7 cm³/mol. The molecule has 5 nitrogen and oxygen atoms in total. The van der Waals surface area contributed by atoms with Gasteiger partial charge in [0.1, 0.15) is 0 Å². The van der Waals surface area contributed by atoms with Gasteiger partial charge in [-0.05, 0) is 37.9 Å². The molecule has 0 bridgehead atoms. The highest BCUT2D eigenvalue weighted by Gasteiger charge is 2.16. The molecule has 0 fully saturated rings. The monoisotopic (exact) mass is 255 g/mol. The summed E-state index contributed by atoms with van der Waals surface area (Å²) in [7, 11) is 0. The first-order valence-corrected chi connectivity index (χ1v) is 5.83. The Balaban J connectivity index is 2.45. The molecule has 2 rings (SSSR count). The van der Waals surface area contributed by atoms with E-state index in [-0.39, 0.29) is 10.6 Å². The highest BCUT2D eigenvalue weighted by atomic mass is 16.6. The predicted octanol–water partition coefficient (Wildman–Crippen LogP) is 3.08. The van der Waals surface area contributed by atoms with Crippen LogP contribution in [0.2, 0.25) is 0 Å². The lowest BCUT2D eigenvalue weighted by Gasteiger charge is -2.03. The Morgan fingerprint density at radius 1 is 1.42 bits per heavy atom. The summed E-state index contributed by atoms with van der Waals surface area (Å²) in [5.41, 5.74) is 2.72. The third kappa shape index (κ3) is 2.84. The van der Waals surface area contributed by atoms with Gasteiger partial charge in [0.05, 0.1) is 22.7 Å². The zero-order valence-corrected chi connectivity index (χ0v) is 10.8. The third-order valence-electron chi connectivity index (χ3n) is 2.86. The van der Waals surface area contributed by atoms with Crippen molar-refractivity contribution in [2.45, 2.75) is 13.8 Å². The number of nitro benzene ring substituents is 1. The van der Waals surface area contributed by atoms with Gasteiger partial charge in [0.15, 0.2) is 0 Å². The molecule has 0 saturated carbocycles. The Hall–Kier alpha value is -2.52. The molecule has 1 aliphatic heterocycles. The molecule has 0 aliphatic carbocycles. The van der Waals surface area contributed by atoms with Crippen molar-refractivity contribution in [3.8, 4) is 0 Å². The molecule has 0 aromatic heterocycles. The van der Waals surface area contributed by atoms with E-state index < -0.39 is 0 Å². The van der Waals surface area contributed by atoms with Crippen LogP contribution in [0.3, 0.4) is 0 Å². The van der Waals surface area contributed by atoms with Crippen LogP contribution >= 0.6 is 0 Å². The maximum Gasteiger partial charge on any atom is 0.277 e. The lowest BCUT2D eigenvalue weighted by molar-refractivity contribution is -0.386. The van der Waals surface area contributed by atoms with Crippen molar-refractivity contribution < 1.29 is 4.92 Å². The van der Waals surface area contributed by atoms with E-state index in [1.54, 1.807) is 32.2 Å². The van der Waals surface area contributed by atoms with Gasteiger partial charge in [-0.25, -0.2) is 4.99 Å². The molecular weight excluding hydrogens is 242 g/mol. The van der Waals surface area contributed by atoms with Gasteiger partial charge in [-0.2, -0.15) is 0 Å². The Morgan fingerprint density at radius 3 is 2.84 bits per heavy atom. The quantitative estimate of drug-likeness (QED) is 0.463. The number of dihydropyridines is 1. The van der Waals surface area contributed by atoms with E-state index in [4.69, 9.17) is 0 Å². The van der Waals surface area contributed by atoms with Gasteiger partial charge in [0.25, 0.3) is 5.69 Å². The first-order chi connectivity index (χ1) is 9.09. The second-order valence-electron chi connectivity index (χ2n) is 4.23. The number of benzene rings is 1. The SMILES string of the molecule is Cc1ccc(N=C=C2C=CC=NC2)c(C)c1[N+](=O)[O-]. The fraction of sp³-hybridized carbons (Fsp3) is 0.214. The van der Waals surface area contributed by atoms with Crippen LogP contribution in [0.25, 0.3) is 0 Å². The topological polar surface area (TPSA) is 67.9 Å². The van der Waals surface area contributed by atoms with E-state index in [0.717, 1.165) is 5.57 Å². The summed E-state index contributed by atoms with van der Waals surface area (Å²) in [5, 5.41) is 11.0. The molecule has 0 unspecified atom stereocenters. The van der Waals surface area contributed by atoms with Gasteiger partial charge < -0.3 is 0 Å². The van der Waals surface area contributed by atoms with Crippen LogP contribution in [-0.2, 0) is 0 Å². The van der Waals surface area contributed by atoms with E-state index in [9.17, 15) is 10.1 Å². The van der Waals surface area contributed by atoms with Crippen molar-refractivity contribution >= 4 is 23.5 Å². The minimum Gasteiger partial charge on any atom is -0.288 e. The number of hydrogen-bond acceptors (Lipinski definition) is 4. The zero-order valence-electron chi connectivity index (χ0n) is 10.8. The molecule has 1 aliphatic rings. The fourth-order valence-electron chi connectivity index (χ4n) is 1.86. The number of aliphatic imine (C=N–C) groups is 2. The average molecular weight is 255 g/mol. The summed E-state index contributed by atoms with van der Waals surface area (Å²) < 4.78 is 0. The van der Waals surface area contributed by atoms with Gasteiger partial charge in [-0.1, -0.05) is 6.07 Å². The van der Waals surface area contributed by atoms with E-state index in [1.807, 2.05) is 12.2 Å². The van der Waals surface area contributed by atoms with Gasteiger partial charge in [0.2, 0.25) is 0 Å². The van der Waals surface area contributed by atoms with Crippen LogP contribution in [0.4, 0.5) is 11.4 Å². The summed E-state index contributed by atoms with van der Waals surface area (Å²) in [6.45, 7) is 3.95. The maximum absolute atomic E-state index is 11.0. The minimum atomic E-state index is -0.373. The van der Waals surface area contributed by atoms with Crippen LogP contribution < -0.4 is 0 Å². The van der Waals surface area contributed by atoms with Crippen molar-refractivity contribution in [2.24, 2.45) is 9.98 Å². The Morgan fingerprint density at radius 2 is 2.21 bits per heavy atom. The molecule has 0 amide bonds. The highest BCUT2D eigenvalue weighted by Crippen LogP contribution is 2.30. The van der Waals surface area contributed by atoms with Crippen LogP contribution in [0.15, 0.2) is 39.8 Å². The summed E-state index contributed by atoms with van der Waals surface area (Å²) in [4.78, 5) is 18.9. The van der Waals surface area contributed by atoms with Gasteiger partial charge in [-0.15, -0.1) is 0 Å². The van der Waals surface area contributed by atoms with E-state index in [0.29, 0.717) is 23.4 Å². The minimum absolute atomic E-state index is 0.116. The van der Waals surface area contributed by atoms with Crippen molar-refractivity contribution in [3.05, 3.63) is 51.1 Å². The second kappa shape index (κ2) is 5.42. The van der Waals surface area contributed by atoms with Gasteiger partial charge in [0, 0.05) is 17.4 Å². The molecule has 5 heteroatoms. The molecule has 19 heavy (non-hydrogen) atoms. The number of rotatable bonds is 2. The molecule has 1 heterocycles. The van der Waals surface area contributed by atoms with Crippen LogP contribution in [0.1, 0.15) is 11.1 Å². The molecule has 0 spiro atoms. The number of nitrogens with zero attached hydrogens (tertiary/aromatic N) is 3. The molecule has 96 valence electrons. The molecule has 0 radical (unpaired) electrons. The van der Waals surface area contributed by atoms with Crippen molar-refractivity contribution in [2.75, 3.05) is 6.54 Å². The molecule has 1 aromatic carbocycles. The maximum atomic E-state index is 11.0. The molecule has 0 N–H and O–H groups in total. The first-order valence-electron chi connectivity index (χ1n) is 5.83. The van der Waals surface area contributed by atoms with E-state index >= 15 is 0 Å². The summed E-state index contributed by atoms with van der Waals surface area (Å²) in [6, 6.07) is 3.46. The van der Waals surface area contributed by atoms with Crippen LogP contribution in [-0.4, -0.2) is 23.6 Å². The number of hydrogen-bond donors (Lipinski definition) is 0. The molecule has 0 saturated heterocycles. The fourth-order valence-corrected chi connectivity index (χ4v) is 1.86. The Bertz CT molecular complexity index is 651. The second-order valence-corrected chi connectivity index (χ2v) is 4.23. The van der Waals surface area contributed by atoms with Crippen LogP contribution in [0, 0.1) is 24.0 Å². The highest BCUT2D eigenvalue weighted by molar-refractivity contribution is 5.78. The lowest BCUT2D eigenvalue weighted by atomic mass is 10.1. The van der Waals surface area contributed by atoms with Crippen LogP contribution in [0.5, 0.6) is 0 Å². The molecular formula is C14H13N3O2. The van der Waals surface area contributed by atoms with Crippen molar-refractivity contribution in [3.63, 3.8) is 0 Å². The Labute approximate surface area is 110 Å². The molecule has 1 aromatic rings. The smallest absolute Gasteiger partial charge is 0.277 e. The summed E-state index contributed by atoms with van der Waals surface area (Å²) in [5.74, 6) is 2.88. The molecule has 0 atom stereocenters. The normalized spacial score (nSPS) is 13.3. The summed E-state index contributed by atoms with van der Waals surface area (Å²) in [6.07, 6.45) is 5.40. The third-order valence-corrected chi connectivity index (χ3v) is 2.86.